The SMILES string of the molecule is Cc1cc(C)c(NC(=O)CN(C)C(=O)c2cc3c(C)nn(C)c3s2)c(C)c1. The molecule has 1 aromatic carbocycles. The summed E-state index contributed by atoms with van der Waals surface area (Å²) in [5.74, 6) is -0.372. The van der Waals surface area contributed by atoms with E-state index < -0.39 is 0 Å². The van der Waals surface area contributed by atoms with E-state index in [2.05, 4.69) is 10.4 Å². The molecular weight excluding hydrogens is 360 g/mol. The number of anilines is 1. The number of amides is 2. The van der Waals surface area contributed by atoms with Crippen LogP contribution in [0.1, 0.15) is 32.1 Å². The Morgan fingerprint density at radius 2 is 1.78 bits per heavy atom. The van der Waals surface area contributed by atoms with Crippen LogP contribution in [0.5, 0.6) is 0 Å². The molecule has 2 heterocycles. The van der Waals surface area contributed by atoms with E-state index >= 15 is 0 Å². The smallest absolute Gasteiger partial charge is 0.264 e. The van der Waals surface area contributed by atoms with Crippen LogP contribution in [0.4, 0.5) is 5.69 Å². The molecule has 0 saturated heterocycles. The van der Waals surface area contributed by atoms with Crippen molar-refractivity contribution in [1.29, 1.82) is 0 Å². The maximum absolute atomic E-state index is 12.7. The number of aromatic nitrogens is 2. The van der Waals surface area contributed by atoms with E-state index in [-0.39, 0.29) is 18.4 Å². The molecule has 142 valence electrons. The summed E-state index contributed by atoms with van der Waals surface area (Å²) in [6.45, 7) is 7.89. The van der Waals surface area contributed by atoms with Crippen LogP contribution in [0.3, 0.4) is 0 Å². The van der Waals surface area contributed by atoms with Gasteiger partial charge < -0.3 is 10.2 Å². The largest absolute Gasteiger partial charge is 0.332 e. The normalized spacial score (nSPS) is 11.0. The number of carbonyl (C=O) groups excluding carboxylic acids is 2. The van der Waals surface area contributed by atoms with Crippen LogP contribution in [0.2, 0.25) is 0 Å². The van der Waals surface area contributed by atoms with Gasteiger partial charge in [-0.05, 0) is 44.9 Å². The van der Waals surface area contributed by atoms with Gasteiger partial charge in [-0.2, -0.15) is 5.10 Å². The Morgan fingerprint density at radius 3 is 2.37 bits per heavy atom. The van der Waals surface area contributed by atoms with E-state index in [9.17, 15) is 9.59 Å². The van der Waals surface area contributed by atoms with E-state index in [1.807, 2.05) is 52.9 Å². The Balaban J connectivity index is 1.72. The fourth-order valence-corrected chi connectivity index (χ4v) is 4.46. The third-order valence-electron chi connectivity index (χ3n) is 4.58. The highest BCUT2D eigenvalue weighted by Crippen LogP contribution is 2.28. The van der Waals surface area contributed by atoms with Crippen molar-refractivity contribution in [2.45, 2.75) is 27.7 Å². The first kappa shape index (κ1) is 19.1. The summed E-state index contributed by atoms with van der Waals surface area (Å²) in [5.41, 5.74) is 4.90. The van der Waals surface area contributed by atoms with Gasteiger partial charge in [-0.25, -0.2) is 0 Å². The summed E-state index contributed by atoms with van der Waals surface area (Å²) in [6.07, 6.45) is 0. The number of hydrogen-bond acceptors (Lipinski definition) is 4. The van der Waals surface area contributed by atoms with Crippen molar-refractivity contribution < 1.29 is 9.59 Å². The molecule has 0 saturated carbocycles. The quantitative estimate of drug-likeness (QED) is 0.748. The number of fused-ring (bicyclic) bond motifs is 1. The molecule has 7 heteroatoms. The van der Waals surface area contributed by atoms with Crippen LogP contribution < -0.4 is 5.32 Å². The summed E-state index contributed by atoms with van der Waals surface area (Å²) in [5, 5.41) is 8.27. The predicted octanol–water partition coefficient (Wildman–Crippen LogP) is 3.58. The highest BCUT2D eigenvalue weighted by molar-refractivity contribution is 7.20. The second kappa shape index (κ2) is 7.15. The van der Waals surface area contributed by atoms with E-state index in [0.717, 1.165) is 38.3 Å². The summed E-state index contributed by atoms with van der Waals surface area (Å²) in [6, 6.07) is 5.92. The molecule has 3 aromatic rings. The zero-order valence-corrected chi connectivity index (χ0v) is 17.3. The summed E-state index contributed by atoms with van der Waals surface area (Å²) < 4.78 is 1.78. The lowest BCUT2D eigenvalue weighted by molar-refractivity contribution is -0.116. The van der Waals surface area contributed by atoms with Crippen LogP contribution >= 0.6 is 11.3 Å². The van der Waals surface area contributed by atoms with E-state index in [0.29, 0.717) is 4.88 Å². The average Bonchev–Trinajstić information content (AvgIpc) is 3.12. The first-order valence-electron chi connectivity index (χ1n) is 8.73. The Bertz CT molecular complexity index is 990. The third kappa shape index (κ3) is 3.73. The fourth-order valence-electron chi connectivity index (χ4n) is 3.34. The Labute approximate surface area is 162 Å². The molecule has 0 aliphatic rings. The predicted molar refractivity (Wildman–Crippen MR) is 110 cm³/mol. The molecule has 0 aliphatic heterocycles. The molecule has 2 amide bonds. The molecular formula is C20H24N4O2S. The first-order chi connectivity index (χ1) is 12.7. The molecule has 0 spiro atoms. The standard InChI is InChI=1S/C20H24N4O2S/c1-11-7-12(2)18(13(3)8-11)21-17(25)10-23(5)19(26)16-9-15-14(4)22-24(6)20(15)27-16/h7-9H,10H2,1-6H3,(H,21,25). The molecule has 3 rings (SSSR count). The van der Waals surface area contributed by atoms with Crippen molar-refractivity contribution in [3.8, 4) is 0 Å². The number of benzene rings is 1. The first-order valence-corrected chi connectivity index (χ1v) is 9.55. The Kier molecular flexibility index (Phi) is 5.06. The molecule has 1 N–H and O–H groups in total. The second-order valence-corrected chi connectivity index (χ2v) is 8.05. The highest BCUT2D eigenvalue weighted by Gasteiger charge is 2.20. The zero-order valence-electron chi connectivity index (χ0n) is 16.5. The number of nitrogens with zero attached hydrogens (tertiary/aromatic N) is 3. The van der Waals surface area contributed by atoms with Gasteiger partial charge in [0.15, 0.2) is 0 Å². The van der Waals surface area contributed by atoms with Crippen LogP contribution in [-0.4, -0.2) is 40.1 Å². The summed E-state index contributed by atoms with van der Waals surface area (Å²) >= 11 is 1.40. The van der Waals surface area contributed by atoms with Crippen molar-refractivity contribution in [2.75, 3.05) is 18.9 Å². The highest BCUT2D eigenvalue weighted by atomic mass is 32.1. The topological polar surface area (TPSA) is 67.2 Å². The summed E-state index contributed by atoms with van der Waals surface area (Å²) in [4.78, 5) is 28.2. The number of nitrogens with one attached hydrogen (secondary N) is 1. The maximum atomic E-state index is 12.7. The van der Waals surface area contributed by atoms with Gasteiger partial charge in [0.25, 0.3) is 5.91 Å². The van der Waals surface area contributed by atoms with Crippen molar-refractivity contribution in [3.63, 3.8) is 0 Å². The third-order valence-corrected chi connectivity index (χ3v) is 5.77. The molecule has 0 radical (unpaired) electrons. The van der Waals surface area contributed by atoms with Crippen LogP contribution in [0.15, 0.2) is 18.2 Å². The van der Waals surface area contributed by atoms with Gasteiger partial charge in [0.1, 0.15) is 4.83 Å². The van der Waals surface area contributed by atoms with Crippen molar-refractivity contribution >= 4 is 39.1 Å². The zero-order chi connectivity index (χ0) is 19.9. The number of thiophene rings is 1. The number of rotatable bonds is 4. The minimum atomic E-state index is -0.208. The number of carbonyl (C=O) groups is 2. The molecule has 0 bridgehead atoms. The number of aryl methyl sites for hydroxylation is 5. The Hall–Kier alpha value is -2.67. The fraction of sp³-hybridized carbons (Fsp3) is 0.350. The lowest BCUT2D eigenvalue weighted by atomic mass is 10.1. The van der Waals surface area contributed by atoms with Gasteiger partial charge in [-0.15, -0.1) is 11.3 Å². The second-order valence-electron chi connectivity index (χ2n) is 7.02. The van der Waals surface area contributed by atoms with E-state index in [1.165, 1.54) is 16.2 Å². The van der Waals surface area contributed by atoms with Gasteiger partial charge in [0.2, 0.25) is 5.91 Å². The lowest BCUT2D eigenvalue weighted by Gasteiger charge is -2.18. The van der Waals surface area contributed by atoms with Gasteiger partial charge in [-0.1, -0.05) is 17.7 Å². The average molecular weight is 385 g/mol. The lowest BCUT2D eigenvalue weighted by Crippen LogP contribution is -2.34. The van der Waals surface area contributed by atoms with Crippen molar-refractivity contribution in [2.24, 2.45) is 7.05 Å². The minimum absolute atomic E-state index is 0.00291. The molecule has 27 heavy (non-hydrogen) atoms. The van der Waals surface area contributed by atoms with E-state index in [4.69, 9.17) is 0 Å². The molecule has 0 aliphatic carbocycles. The van der Waals surface area contributed by atoms with Crippen molar-refractivity contribution in [1.82, 2.24) is 14.7 Å². The summed E-state index contributed by atoms with van der Waals surface area (Å²) in [7, 11) is 3.51. The van der Waals surface area contributed by atoms with Crippen molar-refractivity contribution in [3.05, 3.63) is 45.5 Å². The van der Waals surface area contributed by atoms with Crippen LogP contribution in [0.25, 0.3) is 10.2 Å². The van der Waals surface area contributed by atoms with Gasteiger partial charge in [-0.3, -0.25) is 14.3 Å². The minimum Gasteiger partial charge on any atom is -0.332 e. The molecule has 2 aromatic heterocycles. The van der Waals surface area contributed by atoms with Crippen LogP contribution in [-0.2, 0) is 11.8 Å². The monoisotopic (exact) mass is 384 g/mol. The Morgan fingerprint density at radius 1 is 1.15 bits per heavy atom. The molecule has 0 unspecified atom stereocenters. The molecule has 6 nitrogen and oxygen atoms in total. The number of likely N-dealkylation sites (N-methyl/N-ethyl adjacent to an activating group) is 1. The van der Waals surface area contributed by atoms with Crippen LogP contribution in [0, 0.1) is 27.7 Å². The molecule has 0 atom stereocenters. The van der Waals surface area contributed by atoms with Gasteiger partial charge in [0, 0.05) is 25.2 Å². The maximum Gasteiger partial charge on any atom is 0.264 e. The van der Waals surface area contributed by atoms with Gasteiger partial charge in [0.05, 0.1) is 17.1 Å². The van der Waals surface area contributed by atoms with Gasteiger partial charge >= 0.3 is 0 Å². The number of hydrogen-bond donors (Lipinski definition) is 1. The van der Waals surface area contributed by atoms with E-state index in [1.54, 1.807) is 11.7 Å². The molecule has 0 fully saturated rings.